The molecule has 1 amide bonds. The number of hydrogen-bond donors (Lipinski definition) is 2. The maximum absolute atomic E-state index is 12.1. The minimum absolute atomic E-state index is 0. The predicted molar refractivity (Wildman–Crippen MR) is 117 cm³/mol. The van der Waals surface area contributed by atoms with Crippen LogP contribution in [0.25, 0.3) is 0 Å². The Balaban J connectivity index is 0.00000338. The average Bonchev–Trinajstić information content (AvgIpc) is 2.63. The van der Waals surface area contributed by atoms with Crippen LogP contribution in [0.1, 0.15) is 20.8 Å². The summed E-state index contributed by atoms with van der Waals surface area (Å²) >= 11 is 0. The lowest BCUT2D eigenvalue weighted by Gasteiger charge is -2.37. The molecule has 2 N–H and O–H groups in total. The van der Waals surface area contributed by atoms with Crippen LogP contribution >= 0.6 is 24.0 Å². The molecule has 0 aliphatic carbocycles. The lowest BCUT2D eigenvalue weighted by atomic mass is 9.92. The Morgan fingerprint density at radius 2 is 1.92 bits per heavy atom. The van der Waals surface area contributed by atoms with Crippen LogP contribution in [-0.4, -0.2) is 68.1 Å². The van der Waals surface area contributed by atoms with E-state index in [0.717, 1.165) is 38.0 Å². The highest BCUT2D eigenvalue weighted by atomic mass is 127. The minimum atomic E-state index is -0.484. The molecule has 0 atom stereocenters. The third-order valence-electron chi connectivity index (χ3n) is 4.40. The highest BCUT2D eigenvalue weighted by Crippen LogP contribution is 2.15. The molecule has 1 aliphatic heterocycles. The second-order valence-corrected chi connectivity index (χ2v) is 6.81. The van der Waals surface area contributed by atoms with Gasteiger partial charge in [0.25, 0.3) is 0 Å². The van der Waals surface area contributed by atoms with Gasteiger partial charge in [-0.2, -0.15) is 0 Å². The minimum Gasteiger partial charge on any atom is -0.356 e. The first-order chi connectivity index (χ1) is 12.0. The Kier molecular flexibility index (Phi) is 9.11. The Morgan fingerprint density at radius 1 is 1.23 bits per heavy atom. The van der Waals surface area contributed by atoms with Crippen molar-refractivity contribution in [3.05, 3.63) is 24.4 Å². The number of hydrogen-bond acceptors (Lipinski definition) is 4. The van der Waals surface area contributed by atoms with Crippen molar-refractivity contribution in [2.75, 3.05) is 51.2 Å². The number of amides is 1. The van der Waals surface area contributed by atoms with Crippen LogP contribution in [0.3, 0.4) is 0 Å². The maximum Gasteiger partial charge on any atom is 0.227 e. The first-order valence-electron chi connectivity index (χ1n) is 8.88. The first kappa shape index (κ1) is 22.5. The van der Waals surface area contributed by atoms with E-state index in [1.165, 1.54) is 0 Å². The van der Waals surface area contributed by atoms with Gasteiger partial charge in [-0.25, -0.2) is 4.98 Å². The van der Waals surface area contributed by atoms with Crippen LogP contribution in [0.4, 0.5) is 5.82 Å². The van der Waals surface area contributed by atoms with Crippen molar-refractivity contribution in [3.8, 4) is 0 Å². The summed E-state index contributed by atoms with van der Waals surface area (Å²) in [6, 6.07) is 5.98. The molecule has 1 fully saturated rings. The third-order valence-corrected chi connectivity index (χ3v) is 4.40. The van der Waals surface area contributed by atoms with Crippen LogP contribution in [0.2, 0.25) is 0 Å². The van der Waals surface area contributed by atoms with Crippen LogP contribution in [0.5, 0.6) is 0 Å². The van der Waals surface area contributed by atoms with E-state index in [4.69, 9.17) is 0 Å². The van der Waals surface area contributed by atoms with E-state index in [1.54, 1.807) is 7.05 Å². The smallest absolute Gasteiger partial charge is 0.227 e. The van der Waals surface area contributed by atoms with E-state index >= 15 is 0 Å². The van der Waals surface area contributed by atoms with Crippen LogP contribution in [0.15, 0.2) is 29.4 Å². The molecule has 2 rings (SSSR count). The zero-order valence-electron chi connectivity index (χ0n) is 16.2. The number of carbonyl (C=O) groups excluding carboxylic acids is 1. The van der Waals surface area contributed by atoms with E-state index < -0.39 is 5.41 Å². The number of rotatable bonds is 5. The molecule has 1 aromatic rings. The fraction of sp³-hybridized carbons (Fsp3) is 0.611. The van der Waals surface area contributed by atoms with Gasteiger partial charge in [0, 0.05) is 52.5 Å². The second-order valence-electron chi connectivity index (χ2n) is 6.81. The van der Waals surface area contributed by atoms with Crippen molar-refractivity contribution < 1.29 is 4.79 Å². The van der Waals surface area contributed by atoms with Crippen molar-refractivity contribution in [3.63, 3.8) is 0 Å². The molecule has 1 aromatic heterocycles. The molecule has 7 nitrogen and oxygen atoms in total. The van der Waals surface area contributed by atoms with Gasteiger partial charge in [-0.1, -0.05) is 6.07 Å². The van der Waals surface area contributed by atoms with Crippen LogP contribution < -0.4 is 15.5 Å². The normalized spacial score (nSPS) is 15.3. The van der Waals surface area contributed by atoms with E-state index in [9.17, 15) is 4.79 Å². The molecule has 0 saturated carbocycles. The lowest BCUT2D eigenvalue weighted by Crippen LogP contribution is -2.54. The molecular formula is C18H31IN6O. The third kappa shape index (κ3) is 6.00. The van der Waals surface area contributed by atoms with Crippen molar-refractivity contribution in [1.29, 1.82) is 0 Å². The van der Waals surface area contributed by atoms with Crippen molar-refractivity contribution in [2.45, 2.75) is 20.8 Å². The number of guanidine groups is 1. The lowest BCUT2D eigenvalue weighted by molar-refractivity contribution is -0.128. The molecule has 1 aliphatic rings. The summed E-state index contributed by atoms with van der Waals surface area (Å²) in [6.45, 7) is 10.6. The number of nitrogens with zero attached hydrogens (tertiary/aromatic N) is 4. The summed E-state index contributed by atoms with van der Waals surface area (Å²) in [5.74, 6) is 1.92. The van der Waals surface area contributed by atoms with Gasteiger partial charge in [-0.15, -0.1) is 24.0 Å². The zero-order chi connectivity index (χ0) is 18.3. The fourth-order valence-electron chi connectivity index (χ4n) is 2.80. The SMILES string of the molecule is CCNC(=O)C(C)(C)CNC(=NC)N1CCN(c2ccccn2)CC1.I. The quantitative estimate of drug-likeness (QED) is 0.385. The summed E-state index contributed by atoms with van der Waals surface area (Å²) in [5.41, 5.74) is -0.484. The van der Waals surface area contributed by atoms with Gasteiger partial charge < -0.3 is 20.4 Å². The number of aliphatic imine (C=N–C) groups is 1. The topological polar surface area (TPSA) is 72.9 Å². The van der Waals surface area contributed by atoms with E-state index in [-0.39, 0.29) is 29.9 Å². The van der Waals surface area contributed by atoms with Gasteiger partial charge in [-0.05, 0) is 32.9 Å². The average molecular weight is 474 g/mol. The van der Waals surface area contributed by atoms with Crippen molar-refractivity contribution in [2.24, 2.45) is 10.4 Å². The molecule has 0 aromatic carbocycles. The molecule has 0 spiro atoms. The highest BCUT2D eigenvalue weighted by Gasteiger charge is 2.28. The number of anilines is 1. The molecule has 146 valence electrons. The molecule has 2 heterocycles. The molecular weight excluding hydrogens is 443 g/mol. The van der Waals surface area contributed by atoms with Crippen molar-refractivity contribution in [1.82, 2.24) is 20.5 Å². The maximum atomic E-state index is 12.1. The molecule has 0 radical (unpaired) electrons. The molecule has 0 bridgehead atoms. The molecule has 8 heteroatoms. The second kappa shape index (κ2) is 10.5. The van der Waals surface area contributed by atoms with Gasteiger partial charge in [0.1, 0.15) is 5.82 Å². The number of nitrogens with one attached hydrogen (secondary N) is 2. The van der Waals surface area contributed by atoms with Crippen LogP contribution in [-0.2, 0) is 4.79 Å². The Labute approximate surface area is 173 Å². The first-order valence-corrected chi connectivity index (χ1v) is 8.88. The van der Waals surface area contributed by atoms with E-state index in [1.807, 2.05) is 45.2 Å². The Hall–Kier alpha value is -1.58. The largest absolute Gasteiger partial charge is 0.356 e. The standard InChI is InChI=1S/C18H30N6O.HI/c1-5-20-16(25)18(2,3)14-22-17(19-4)24-12-10-23(11-13-24)15-8-6-7-9-21-15;/h6-9H,5,10-14H2,1-4H3,(H,19,22)(H,20,25);1H. The van der Waals surface area contributed by atoms with Crippen LogP contribution in [0, 0.1) is 5.41 Å². The van der Waals surface area contributed by atoms with E-state index in [0.29, 0.717) is 13.1 Å². The Bertz CT molecular complexity index is 585. The molecule has 1 saturated heterocycles. The number of aromatic nitrogens is 1. The van der Waals surface area contributed by atoms with Gasteiger partial charge in [-0.3, -0.25) is 9.79 Å². The summed E-state index contributed by atoms with van der Waals surface area (Å²) in [7, 11) is 1.78. The fourth-order valence-corrected chi connectivity index (χ4v) is 2.80. The van der Waals surface area contributed by atoms with Gasteiger partial charge in [0.2, 0.25) is 5.91 Å². The number of halogens is 1. The Morgan fingerprint density at radius 3 is 2.46 bits per heavy atom. The number of pyridine rings is 1. The highest BCUT2D eigenvalue weighted by molar-refractivity contribution is 14.0. The summed E-state index contributed by atoms with van der Waals surface area (Å²) in [4.78, 5) is 25.4. The monoisotopic (exact) mass is 474 g/mol. The van der Waals surface area contributed by atoms with Gasteiger partial charge in [0.05, 0.1) is 5.41 Å². The number of carbonyl (C=O) groups is 1. The zero-order valence-corrected chi connectivity index (χ0v) is 18.5. The van der Waals surface area contributed by atoms with Gasteiger partial charge >= 0.3 is 0 Å². The van der Waals surface area contributed by atoms with E-state index in [2.05, 4.69) is 30.4 Å². The van der Waals surface area contributed by atoms with Gasteiger partial charge in [0.15, 0.2) is 5.96 Å². The summed E-state index contributed by atoms with van der Waals surface area (Å²) in [6.07, 6.45) is 1.83. The number of piperazine rings is 1. The molecule has 26 heavy (non-hydrogen) atoms. The summed E-state index contributed by atoms with van der Waals surface area (Å²) in [5, 5.41) is 6.24. The molecule has 0 unspecified atom stereocenters. The summed E-state index contributed by atoms with van der Waals surface area (Å²) < 4.78 is 0. The predicted octanol–water partition coefficient (Wildman–Crippen LogP) is 1.56. The van der Waals surface area contributed by atoms with Crippen molar-refractivity contribution >= 4 is 41.7 Å².